The molecule has 1 aromatic carbocycles. The molecule has 3 rings (SSSR count). The number of hydrogen-bond donors (Lipinski definition) is 0. The van der Waals surface area contributed by atoms with Crippen molar-refractivity contribution in [1.29, 1.82) is 0 Å². The summed E-state index contributed by atoms with van der Waals surface area (Å²) in [4.78, 5) is 29.1. The van der Waals surface area contributed by atoms with Gasteiger partial charge in [0.15, 0.2) is 0 Å². The summed E-state index contributed by atoms with van der Waals surface area (Å²) >= 11 is 6.15. The number of benzene rings is 1. The van der Waals surface area contributed by atoms with E-state index in [0.717, 1.165) is 18.4 Å². The Morgan fingerprint density at radius 1 is 1.08 bits per heavy atom. The smallest absolute Gasteiger partial charge is 0.227 e. The number of carbonyl (C=O) groups excluding carboxylic acids is 2. The Labute approximate surface area is 160 Å². The first-order chi connectivity index (χ1) is 12.4. The number of halogens is 1. The highest BCUT2D eigenvalue weighted by molar-refractivity contribution is 6.31. The number of amides is 2. The molecule has 0 radical (unpaired) electrons. The third-order valence-corrected chi connectivity index (χ3v) is 5.60. The van der Waals surface area contributed by atoms with Crippen LogP contribution < -0.4 is 0 Å². The van der Waals surface area contributed by atoms with Crippen LogP contribution >= 0.6 is 11.6 Å². The molecule has 2 fully saturated rings. The highest BCUT2D eigenvalue weighted by atomic mass is 35.5. The minimum Gasteiger partial charge on any atom is -0.372 e. The van der Waals surface area contributed by atoms with Crippen molar-refractivity contribution in [2.75, 3.05) is 26.2 Å². The highest BCUT2D eigenvalue weighted by Crippen LogP contribution is 2.23. The largest absolute Gasteiger partial charge is 0.372 e. The van der Waals surface area contributed by atoms with Crippen LogP contribution in [0.1, 0.15) is 32.3 Å². The molecule has 0 unspecified atom stereocenters. The number of carbonyl (C=O) groups is 2. The average Bonchev–Trinajstić information content (AvgIpc) is 2.62. The molecule has 1 aromatic rings. The van der Waals surface area contributed by atoms with Crippen molar-refractivity contribution in [3.8, 4) is 0 Å². The Kier molecular flexibility index (Phi) is 6.20. The molecule has 0 N–H and O–H groups in total. The van der Waals surface area contributed by atoms with Gasteiger partial charge in [-0.2, -0.15) is 0 Å². The number of hydrogen-bond acceptors (Lipinski definition) is 3. The van der Waals surface area contributed by atoms with Crippen molar-refractivity contribution in [3.63, 3.8) is 0 Å². The standard InChI is InChI=1S/C20H27ClN2O3/c1-14-12-23(13-15(2)26-14)20(25)16-7-9-22(10-8-16)19(24)11-17-5-3-4-6-18(17)21/h3-6,14-16H,7-13H2,1-2H3/t14-,15-/m0/s1. The molecule has 2 heterocycles. The summed E-state index contributed by atoms with van der Waals surface area (Å²) in [5, 5.41) is 0.626. The Morgan fingerprint density at radius 2 is 1.69 bits per heavy atom. The van der Waals surface area contributed by atoms with Gasteiger partial charge in [-0.15, -0.1) is 0 Å². The van der Waals surface area contributed by atoms with Gasteiger partial charge in [-0.3, -0.25) is 9.59 Å². The van der Waals surface area contributed by atoms with Crippen molar-refractivity contribution in [1.82, 2.24) is 9.80 Å². The van der Waals surface area contributed by atoms with E-state index < -0.39 is 0 Å². The molecule has 2 atom stereocenters. The van der Waals surface area contributed by atoms with Gasteiger partial charge in [0.2, 0.25) is 11.8 Å². The molecule has 142 valence electrons. The molecule has 2 saturated heterocycles. The lowest BCUT2D eigenvalue weighted by molar-refractivity contribution is -0.150. The van der Waals surface area contributed by atoms with Crippen LogP contribution in [0.15, 0.2) is 24.3 Å². The van der Waals surface area contributed by atoms with Crippen LogP contribution in [-0.4, -0.2) is 60.0 Å². The summed E-state index contributed by atoms with van der Waals surface area (Å²) in [6, 6.07) is 7.45. The van der Waals surface area contributed by atoms with Gasteiger partial charge in [-0.05, 0) is 38.3 Å². The fourth-order valence-corrected chi connectivity index (χ4v) is 4.11. The van der Waals surface area contributed by atoms with Gasteiger partial charge in [0, 0.05) is 37.1 Å². The summed E-state index contributed by atoms with van der Waals surface area (Å²) in [5.41, 5.74) is 0.855. The molecule has 0 aromatic heterocycles. The van der Waals surface area contributed by atoms with Crippen LogP contribution in [0.4, 0.5) is 0 Å². The molecule has 2 aliphatic heterocycles. The van der Waals surface area contributed by atoms with Crippen molar-refractivity contribution in [2.45, 2.75) is 45.3 Å². The molecule has 0 bridgehead atoms. The van der Waals surface area contributed by atoms with E-state index in [4.69, 9.17) is 16.3 Å². The summed E-state index contributed by atoms with van der Waals surface area (Å²) in [5.74, 6) is 0.305. The molecule has 0 spiro atoms. The van der Waals surface area contributed by atoms with Gasteiger partial charge < -0.3 is 14.5 Å². The van der Waals surface area contributed by atoms with Gasteiger partial charge in [0.05, 0.1) is 18.6 Å². The van der Waals surface area contributed by atoms with Crippen LogP contribution in [0.2, 0.25) is 5.02 Å². The average molecular weight is 379 g/mol. The Balaban J connectivity index is 1.51. The number of morpholine rings is 1. The second-order valence-electron chi connectivity index (χ2n) is 7.42. The lowest BCUT2D eigenvalue weighted by Crippen LogP contribution is -2.51. The predicted octanol–water partition coefficient (Wildman–Crippen LogP) is 2.76. The second kappa shape index (κ2) is 8.40. The first-order valence-corrected chi connectivity index (χ1v) is 9.77. The summed E-state index contributed by atoms with van der Waals surface area (Å²) in [6.45, 7) is 6.60. The molecular formula is C20H27ClN2O3. The highest BCUT2D eigenvalue weighted by Gasteiger charge is 2.33. The van der Waals surface area contributed by atoms with E-state index in [2.05, 4.69) is 0 Å². The minimum atomic E-state index is 0.0110. The van der Waals surface area contributed by atoms with Gasteiger partial charge in [0.25, 0.3) is 0 Å². The fourth-order valence-electron chi connectivity index (χ4n) is 3.91. The van der Waals surface area contributed by atoms with E-state index in [1.807, 2.05) is 41.8 Å². The zero-order valence-corrected chi connectivity index (χ0v) is 16.2. The van der Waals surface area contributed by atoms with Gasteiger partial charge in [-0.25, -0.2) is 0 Å². The summed E-state index contributed by atoms with van der Waals surface area (Å²) in [7, 11) is 0. The maximum atomic E-state index is 12.8. The topological polar surface area (TPSA) is 49.9 Å². The zero-order valence-electron chi connectivity index (χ0n) is 15.5. The molecular weight excluding hydrogens is 352 g/mol. The van der Waals surface area contributed by atoms with Crippen molar-refractivity contribution < 1.29 is 14.3 Å². The third kappa shape index (κ3) is 4.57. The molecule has 2 aliphatic rings. The third-order valence-electron chi connectivity index (χ3n) is 5.23. The molecule has 26 heavy (non-hydrogen) atoms. The lowest BCUT2D eigenvalue weighted by atomic mass is 9.94. The van der Waals surface area contributed by atoms with Crippen molar-refractivity contribution in [2.24, 2.45) is 5.92 Å². The van der Waals surface area contributed by atoms with E-state index in [1.165, 1.54) is 0 Å². The van der Waals surface area contributed by atoms with Crippen molar-refractivity contribution >= 4 is 23.4 Å². The lowest BCUT2D eigenvalue weighted by Gasteiger charge is -2.39. The van der Waals surface area contributed by atoms with E-state index in [-0.39, 0.29) is 29.9 Å². The summed E-state index contributed by atoms with van der Waals surface area (Å²) < 4.78 is 5.71. The quantitative estimate of drug-likeness (QED) is 0.812. The maximum Gasteiger partial charge on any atom is 0.227 e. The van der Waals surface area contributed by atoms with Crippen molar-refractivity contribution in [3.05, 3.63) is 34.9 Å². The fraction of sp³-hybridized carbons (Fsp3) is 0.600. The SMILES string of the molecule is C[C@H]1CN(C(=O)C2CCN(C(=O)Cc3ccccc3Cl)CC2)C[C@H](C)O1. The van der Waals surface area contributed by atoms with E-state index in [1.54, 1.807) is 6.07 Å². The van der Waals surface area contributed by atoms with Crippen LogP contribution in [0.3, 0.4) is 0 Å². The molecule has 2 amide bonds. The van der Waals surface area contributed by atoms with Gasteiger partial charge in [-0.1, -0.05) is 29.8 Å². The van der Waals surface area contributed by atoms with Gasteiger partial charge in [0.1, 0.15) is 0 Å². The molecule has 0 aliphatic carbocycles. The van der Waals surface area contributed by atoms with Gasteiger partial charge >= 0.3 is 0 Å². The minimum absolute atomic E-state index is 0.0110. The number of nitrogens with zero attached hydrogens (tertiary/aromatic N) is 2. The number of piperidine rings is 1. The first-order valence-electron chi connectivity index (χ1n) is 9.39. The molecule has 5 nitrogen and oxygen atoms in total. The Bertz CT molecular complexity index is 648. The van der Waals surface area contributed by atoms with Crippen LogP contribution in [0, 0.1) is 5.92 Å². The zero-order chi connectivity index (χ0) is 18.7. The van der Waals surface area contributed by atoms with Crippen LogP contribution in [0.25, 0.3) is 0 Å². The first kappa shape index (κ1) is 19.2. The Morgan fingerprint density at radius 3 is 2.31 bits per heavy atom. The predicted molar refractivity (Wildman–Crippen MR) is 101 cm³/mol. The molecule has 6 heteroatoms. The second-order valence-corrected chi connectivity index (χ2v) is 7.83. The van der Waals surface area contributed by atoms with Crippen LogP contribution in [0.5, 0.6) is 0 Å². The van der Waals surface area contributed by atoms with E-state index in [9.17, 15) is 9.59 Å². The number of likely N-dealkylation sites (tertiary alicyclic amines) is 1. The monoisotopic (exact) mass is 378 g/mol. The summed E-state index contributed by atoms with van der Waals surface area (Å²) in [6.07, 6.45) is 1.94. The van der Waals surface area contributed by atoms with Crippen LogP contribution in [-0.2, 0) is 20.7 Å². The number of rotatable bonds is 3. The maximum absolute atomic E-state index is 12.8. The van der Waals surface area contributed by atoms with E-state index >= 15 is 0 Å². The van der Waals surface area contributed by atoms with E-state index in [0.29, 0.717) is 37.6 Å². The molecule has 0 saturated carbocycles. The Hall–Kier alpha value is -1.59. The number of ether oxygens (including phenoxy) is 1. The normalized spacial score (nSPS) is 24.6.